The van der Waals surface area contributed by atoms with Gasteiger partial charge in [0.2, 0.25) is 0 Å². The van der Waals surface area contributed by atoms with Gasteiger partial charge in [-0.15, -0.1) is 0 Å². The highest BCUT2D eigenvalue weighted by atomic mass is 16.3. The first-order chi connectivity index (χ1) is 7.11. The fourth-order valence-corrected chi connectivity index (χ4v) is 1.46. The van der Waals surface area contributed by atoms with E-state index in [1.807, 2.05) is 12.3 Å². The zero-order valence-electron chi connectivity index (χ0n) is 8.59. The minimum absolute atomic E-state index is 0.0514. The van der Waals surface area contributed by atoms with Crippen LogP contribution < -0.4 is 5.73 Å². The van der Waals surface area contributed by atoms with Gasteiger partial charge in [-0.3, -0.25) is 0 Å². The van der Waals surface area contributed by atoms with Gasteiger partial charge in [-0.25, -0.2) is 9.50 Å². The predicted octanol–water partition coefficient (Wildman–Crippen LogP) is -0.0185. The van der Waals surface area contributed by atoms with Crippen molar-refractivity contribution in [3.05, 3.63) is 30.2 Å². The molecule has 0 saturated carbocycles. The van der Waals surface area contributed by atoms with Crippen molar-refractivity contribution in [2.45, 2.75) is 18.9 Å². The highest BCUT2D eigenvalue weighted by Crippen LogP contribution is 2.09. The van der Waals surface area contributed by atoms with Crippen LogP contribution >= 0.6 is 0 Å². The molecule has 5 heteroatoms. The quantitative estimate of drug-likeness (QED) is 0.740. The molecule has 2 heterocycles. The Labute approximate surface area is 87.6 Å². The van der Waals surface area contributed by atoms with Crippen molar-refractivity contribution >= 4 is 5.65 Å². The smallest absolute Gasteiger partial charge is 0.154 e. The highest BCUT2D eigenvalue weighted by molar-refractivity contribution is 5.36. The second-order valence-electron chi connectivity index (χ2n) is 4.09. The lowest BCUT2D eigenvalue weighted by Crippen LogP contribution is -2.42. The Bertz CT molecular complexity index is 463. The number of aromatic nitrogens is 3. The van der Waals surface area contributed by atoms with Gasteiger partial charge in [0, 0.05) is 24.0 Å². The first-order valence-electron chi connectivity index (χ1n) is 4.79. The Morgan fingerprint density at radius 1 is 1.60 bits per heavy atom. The minimum atomic E-state index is -0.609. The zero-order chi connectivity index (χ0) is 10.9. The Hall–Kier alpha value is -1.46. The number of nitrogens with two attached hydrogens (primary N) is 1. The highest BCUT2D eigenvalue weighted by Gasteiger charge is 2.18. The lowest BCUT2D eigenvalue weighted by molar-refractivity contribution is 0.208. The van der Waals surface area contributed by atoms with Crippen LogP contribution in [0.4, 0.5) is 0 Å². The Morgan fingerprint density at radius 2 is 2.40 bits per heavy atom. The molecule has 0 amide bonds. The van der Waals surface area contributed by atoms with Crippen molar-refractivity contribution in [2.24, 2.45) is 5.73 Å². The Kier molecular flexibility index (Phi) is 2.42. The molecule has 0 radical (unpaired) electrons. The zero-order valence-corrected chi connectivity index (χ0v) is 8.59. The number of rotatable bonds is 3. The van der Waals surface area contributed by atoms with Crippen LogP contribution in [-0.2, 0) is 6.42 Å². The molecule has 5 nitrogen and oxygen atoms in total. The number of fused-ring (bicyclic) bond motifs is 1. The summed E-state index contributed by atoms with van der Waals surface area (Å²) in [6.07, 6.45) is 5.91. The van der Waals surface area contributed by atoms with Crippen molar-refractivity contribution in [1.82, 2.24) is 14.6 Å². The second-order valence-corrected chi connectivity index (χ2v) is 4.09. The van der Waals surface area contributed by atoms with Gasteiger partial charge in [0.05, 0.1) is 12.8 Å². The van der Waals surface area contributed by atoms with Crippen LogP contribution in [0.15, 0.2) is 24.7 Å². The molecule has 2 rings (SSSR count). The van der Waals surface area contributed by atoms with E-state index in [9.17, 15) is 0 Å². The number of nitrogens with zero attached hydrogens (tertiary/aromatic N) is 3. The lowest BCUT2D eigenvalue weighted by atomic mass is 9.97. The van der Waals surface area contributed by atoms with Crippen molar-refractivity contribution < 1.29 is 5.11 Å². The molecule has 80 valence electrons. The van der Waals surface area contributed by atoms with Crippen molar-refractivity contribution in [3.8, 4) is 0 Å². The molecule has 0 aromatic carbocycles. The normalized spacial score (nSPS) is 15.4. The monoisotopic (exact) mass is 206 g/mol. The molecular weight excluding hydrogens is 192 g/mol. The van der Waals surface area contributed by atoms with E-state index in [0.717, 1.165) is 11.2 Å². The molecule has 2 aromatic heterocycles. The Balaban J connectivity index is 2.28. The number of hydrogen-bond donors (Lipinski definition) is 2. The van der Waals surface area contributed by atoms with Crippen LogP contribution in [-0.4, -0.2) is 31.9 Å². The maximum atomic E-state index is 9.06. The van der Waals surface area contributed by atoms with Crippen LogP contribution in [0.2, 0.25) is 0 Å². The van der Waals surface area contributed by atoms with Crippen molar-refractivity contribution in [2.75, 3.05) is 6.61 Å². The van der Waals surface area contributed by atoms with Crippen LogP contribution in [0, 0.1) is 0 Å². The van der Waals surface area contributed by atoms with Crippen LogP contribution in [0.1, 0.15) is 12.5 Å². The van der Waals surface area contributed by atoms with Gasteiger partial charge in [0.25, 0.3) is 0 Å². The third kappa shape index (κ3) is 2.14. The van der Waals surface area contributed by atoms with Gasteiger partial charge < -0.3 is 10.8 Å². The fourth-order valence-electron chi connectivity index (χ4n) is 1.46. The maximum Gasteiger partial charge on any atom is 0.154 e. The van der Waals surface area contributed by atoms with Crippen LogP contribution in [0.5, 0.6) is 0 Å². The molecule has 0 aliphatic heterocycles. The summed E-state index contributed by atoms with van der Waals surface area (Å²) in [6.45, 7) is 1.75. The van der Waals surface area contributed by atoms with E-state index in [1.165, 1.54) is 0 Å². The van der Waals surface area contributed by atoms with E-state index in [2.05, 4.69) is 10.1 Å². The fraction of sp³-hybridized carbons (Fsp3) is 0.400. The number of hydrogen-bond acceptors (Lipinski definition) is 4. The molecule has 0 bridgehead atoms. The van der Waals surface area contributed by atoms with Crippen LogP contribution in [0.25, 0.3) is 5.65 Å². The third-order valence-corrected chi connectivity index (χ3v) is 2.27. The topological polar surface area (TPSA) is 76.4 Å². The first-order valence-corrected chi connectivity index (χ1v) is 4.79. The van der Waals surface area contributed by atoms with Gasteiger partial charge in [-0.2, -0.15) is 5.10 Å². The predicted molar refractivity (Wildman–Crippen MR) is 56.4 cm³/mol. The molecule has 0 fully saturated rings. The van der Waals surface area contributed by atoms with Gasteiger partial charge >= 0.3 is 0 Å². The molecule has 2 aromatic rings. The summed E-state index contributed by atoms with van der Waals surface area (Å²) in [5.74, 6) is 0. The van der Waals surface area contributed by atoms with E-state index < -0.39 is 5.54 Å². The van der Waals surface area contributed by atoms with E-state index in [-0.39, 0.29) is 6.61 Å². The summed E-state index contributed by atoms with van der Waals surface area (Å²) >= 11 is 0. The van der Waals surface area contributed by atoms with Gasteiger partial charge in [0.15, 0.2) is 5.65 Å². The molecule has 0 aliphatic rings. The molecular formula is C10H14N4O. The van der Waals surface area contributed by atoms with Gasteiger partial charge in [0.1, 0.15) is 0 Å². The van der Waals surface area contributed by atoms with Gasteiger partial charge in [-0.1, -0.05) is 0 Å². The summed E-state index contributed by atoms with van der Waals surface area (Å²) in [6, 6.07) is 1.83. The van der Waals surface area contributed by atoms with E-state index in [4.69, 9.17) is 10.8 Å². The van der Waals surface area contributed by atoms with Crippen molar-refractivity contribution in [3.63, 3.8) is 0 Å². The summed E-state index contributed by atoms with van der Waals surface area (Å²) in [7, 11) is 0. The molecule has 1 unspecified atom stereocenters. The standard InChI is InChI=1S/C10H14N4O/c1-10(11,7-15)4-8-5-12-9-2-3-13-14(9)6-8/h2-3,5-6,15H,4,7,11H2,1H3. The third-order valence-electron chi connectivity index (χ3n) is 2.27. The average Bonchev–Trinajstić information content (AvgIpc) is 2.64. The molecule has 0 aliphatic carbocycles. The maximum absolute atomic E-state index is 9.06. The summed E-state index contributed by atoms with van der Waals surface area (Å²) < 4.78 is 1.70. The molecule has 15 heavy (non-hydrogen) atoms. The summed E-state index contributed by atoms with van der Waals surface area (Å²) in [5.41, 5.74) is 7.02. The molecule has 0 saturated heterocycles. The van der Waals surface area contributed by atoms with E-state index in [0.29, 0.717) is 6.42 Å². The summed E-state index contributed by atoms with van der Waals surface area (Å²) in [5, 5.41) is 13.1. The summed E-state index contributed by atoms with van der Waals surface area (Å²) in [4.78, 5) is 4.22. The van der Waals surface area contributed by atoms with E-state index >= 15 is 0 Å². The lowest BCUT2D eigenvalue weighted by Gasteiger charge is -2.21. The largest absolute Gasteiger partial charge is 0.394 e. The van der Waals surface area contributed by atoms with Gasteiger partial charge in [-0.05, 0) is 18.9 Å². The first kappa shape index (κ1) is 10.1. The number of aliphatic hydroxyl groups is 1. The average molecular weight is 206 g/mol. The number of aliphatic hydroxyl groups excluding tert-OH is 1. The van der Waals surface area contributed by atoms with Crippen molar-refractivity contribution in [1.29, 1.82) is 0 Å². The molecule has 1 atom stereocenters. The van der Waals surface area contributed by atoms with E-state index in [1.54, 1.807) is 23.8 Å². The minimum Gasteiger partial charge on any atom is -0.394 e. The Morgan fingerprint density at radius 3 is 3.13 bits per heavy atom. The molecule has 0 spiro atoms. The SMILES string of the molecule is CC(N)(CO)Cc1cnc2ccnn2c1. The second kappa shape index (κ2) is 3.60. The molecule has 3 N–H and O–H groups in total. The van der Waals surface area contributed by atoms with Crippen LogP contribution in [0.3, 0.4) is 0 Å².